The van der Waals surface area contributed by atoms with Crippen molar-refractivity contribution in [1.82, 2.24) is 9.97 Å². The number of halogens is 4. The Labute approximate surface area is 129 Å². The first-order valence-corrected chi connectivity index (χ1v) is 7.00. The minimum atomic E-state index is -0.751. The molecule has 0 amide bonds. The summed E-state index contributed by atoms with van der Waals surface area (Å²) in [6.07, 6.45) is 3.29. The van der Waals surface area contributed by atoms with Gasteiger partial charge in [0.05, 0.1) is 5.02 Å². The SMILES string of the molecule is FC[C@H](c1c(Cl)ccc(F)c1Cl)c1c[nH]c2ncccc12. The number of aromatic nitrogens is 2. The van der Waals surface area contributed by atoms with Crippen LogP contribution in [-0.4, -0.2) is 16.6 Å². The van der Waals surface area contributed by atoms with Crippen molar-refractivity contribution in [2.24, 2.45) is 0 Å². The van der Waals surface area contributed by atoms with E-state index in [1.54, 1.807) is 18.5 Å². The molecule has 108 valence electrons. The normalized spacial score (nSPS) is 12.8. The third kappa shape index (κ3) is 2.39. The quantitative estimate of drug-likeness (QED) is 0.665. The lowest BCUT2D eigenvalue weighted by Crippen LogP contribution is -2.05. The molecule has 0 fully saturated rings. The Kier molecular flexibility index (Phi) is 3.83. The Morgan fingerprint density at radius 1 is 1.24 bits per heavy atom. The Morgan fingerprint density at radius 2 is 2.05 bits per heavy atom. The lowest BCUT2D eigenvalue weighted by molar-refractivity contribution is 0.461. The average Bonchev–Trinajstić information content (AvgIpc) is 2.91. The van der Waals surface area contributed by atoms with Crippen LogP contribution >= 0.6 is 23.2 Å². The number of benzene rings is 1. The number of nitrogens with zero attached hydrogens (tertiary/aromatic N) is 1. The van der Waals surface area contributed by atoms with Gasteiger partial charge in [0.15, 0.2) is 0 Å². The summed E-state index contributed by atoms with van der Waals surface area (Å²) in [6, 6.07) is 6.12. The van der Waals surface area contributed by atoms with Crippen LogP contribution in [-0.2, 0) is 0 Å². The molecule has 3 rings (SSSR count). The predicted octanol–water partition coefficient (Wildman–Crippen LogP) is 5.11. The standard InChI is InChI=1S/C15H10Cl2F2N2/c16-11-3-4-12(19)14(17)13(11)9(6-18)10-7-21-15-8(10)2-1-5-20-15/h1-5,7,9H,6H2,(H,20,21)/t9-/m0/s1. The molecule has 1 aromatic carbocycles. The van der Waals surface area contributed by atoms with Gasteiger partial charge in [-0.25, -0.2) is 9.37 Å². The zero-order chi connectivity index (χ0) is 15.0. The fourth-order valence-electron chi connectivity index (χ4n) is 2.44. The van der Waals surface area contributed by atoms with Gasteiger partial charge in [-0.3, -0.25) is 4.39 Å². The van der Waals surface area contributed by atoms with Crippen LogP contribution in [0.1, 0.15) is 17.0 Å². The van der Waals surface area contributed by atoms with E-state index in [1.165, 1.54) is 12.1 Å². The summed E-state index contributed by atoms with van der Waals surface area (Å²) in [5.41, 5.74) is 1.54. The molecule has 0 aliphatic rings. The van der Waals surface area contributed by atoms with Gasteiger partial charge in [-0.15, -0.1) is 0 Å². The Bertz CT molecular complexity index is 801. The first-order valence-electron chi connectivity index (χ1n) is 6.24. The topological polar surface area (TPSA) is 28.7 Å². The zero-order valence-corrected chi connectivity index (χ0v) is 12.2. The number of alkyl halides is 1. The second-order valence-corrected chi connectivity index (χ2v) is 5.39. The highest BCUT2D eigenvalue weighted by Crippen LogP contribution is 2.39. The number of aromatic amines is 1. The van der Waals surface area contributed by atoms with E-state index in [-0.39, 0.29) is 15.6 Å². The van der Waals surface area contributed by atoms with Crippen molar-refractivity contribution in [2.45, 2.75) is 5.92 Å². The van der Waals surface area contributed by atoms with Crippen LogP contribution in [0.3, 0.4) is 0 Å². The van der Waals surface area contributed by atoms with E-state index in [4.69, 9.17) is 23.2 Å². The van der Waals surface area contributed by atoms with E-state index >= 15 is 0 Å². The molecular formula is C15H10Cl2F2N2. The minimum Gasteiger partial charge on any atom is -0.346 e. The van der Waals surface area contributed by atoms with Gasteiger partial charge in [0.25, 0.3) is 0 Å². The molecule has 2 heterocycles. The third-order valence-electron chi connectivity index (χ3n) is 3.44. The lowest BCUT2D eigenvalue weighted by atomic mass is 9.92. The zero-order valence-electron chi connectivity index (χ0n) is 10.7. The largest absolute Gasteiger partial charge is 0.346 e. The minimum absolute atomic E-state index is 0.150. The smallest absolute Gasteiger partial charge is 0.142 e. The summed E-state index contributed by atoms with van der Waals surface area (Å²) in [5, 5.41) is 0.849. The number of hydrogen-bond donors (Lipinski definition) is 1. The molecule has 0 unspecified atom stereocenters. The number of hydrogen-bond acceptors (Lipinski definition) is 1. The van der Waals surface area contributed by atoms with Gasteiger partial charge < -0.3 is 4.98 Å². The van der Waals surface area contributed by atoms with E-state index in [1.807, 2.05) is 6.07 Å². The maximum Gasteiger partial charge on any atom is 0.142 e. The molecule has 1 atom stereocenters. The monoisotopic (exact) mass is 326 g/mol. The van der Waals surface area contributed by atoms with Crippen molar-refractivity contribution >= 4 is 34.2 Å². The second kappa shape index (κ2) is 5.62. The molecule has 1 N–H and O–H groups in total. The Balaban J connectivity index is 2.22. The molecule has 2 nitrogen and oxygen atoms in total. The van der Waals surface area contributed by atoms with Gasteiger partial charge >= 0.3 is 0 Å². The molecule has 0 saturated heterocycles. The lowest BCUT2D eigenvalue weighted by Gasteiger charge is -2.17. The molecule has 2 aromatic heterocycles. The number of fused-ring (bicyclic) bond motifs is 1. The number of pyridine rings is 1. The second-order valence-electron chi connectivity index (χ2n) is 4.61. The summed E-state index contributed by atoms with van der Waals surface area (Å²) in [6.45, 7) is -0.745. The highest BCUT2D eigenvalue weighted by atomic mass is 35.5. The number of nitrogens with one attached hydrogen (secondary N) is 1. The average molecular weight is 327 g/mol. The van der Waals surface area contributed by atoms with Crippen LogP contribution in [0.15, 0.2) is 36.7 Å². The molecule has 0 spiro atoms. The molecule has 0 saturated carbocycles. The summed E-state index contributed by atoms with van der Waals surface area (Å²) in [5.74, 6) is -1.37. The van der Waals surface area contributed by atoms with E-state index in [9.17, 15) is 8.78 Å². The summed E-state index contributed by atoms with van der Waals surface area (Å²) in [4.78, 5) is 7.13. The van der Waals surface area contributed by atoms with Gasteiger partial charge in [-0.05, 0) is 29.8 Å². The first-order chi connectivity index (χ1) is 10.1. The van der Waals surface area contributed by atoms with E-state index in [0.29, 0.717) is 11.2 Å². The van der Waals surface area contributed by atoms with E-state index < -0.39 is 18.4 Å². The van der Waals surface area contributed by atoms with Gasteiger partial charge in [0, 0.05) is 34.3 Å². The van der Waals surface area contributed by atoms with Crippen molar-refractivity contribution in [3.63, 3.8) is 0 Å². The molecule has 0 bridgehead atoms. The summed E-state index contributed by atoms with van der Waals surface area (Å²) in [7, 11) is 0. The van der Waals surface area contributed by atoms with Crippen LogP contribution in [0.2, 0.25) is 10.0 Å². The van der Waals surface area contributed by atoms with Crippen molar-refractivity contribution < 1.29 is 8.78 Å². The highest BCUT2D eigenvalue weighted by Gasteiger charge is 2.24. The molecule has 0 radical (unpaired) electrons. The maximum absolute atomic E-state index is 13.7. The fraction of sp³-hybridized carbons (Fsp3) is 0.133. The summed E-state index contributed by atoms with van der Waals surface area (Å²) >= 11 is 12.1. The van der Waals surface area contributed by atoms with Crippen LogP contribution in [0, 0.1) is 5.82 Å². The number of rotatable bonds is 3. The maximum atomic E-state index is 13.7. The van der Waals surface area contributed by atoms with Gasteiger partial charge in [0.1, 0.15) is 18.1 Å². The summed E-state index contributed by atoms with van der Waals surface area (Å²) < 4.78 is 27.3. The Hall–Kier alpha value is -1.65. The van der Waals surface area contributed by atoms with Crippen LogP contribution in [0.5, 0.6) is 0 Å². The van der Waals surface area contributed by atoms with Crippen molar-refractivity contribution in [1.29, 1.82) is 0 Å². The number of H-pyrrole nitrogens is 1. The van der Waals surface area contributed by atoms with Gasteiger partial charge in [0.2, 0.25) is 0 Å². The fourth-order valence-corrected chi connectivity index (χ4v) is 3.08. The van der Waals surface area contributed by atoms with Crippen LogP contribution < -0.4 is 0 Å². The predicted molar refractivity (Wildman–Crippen MR) is 80.3 cm³/mol. The molecule has 6 heteroatoms. The van der Waals surface area contributed by atoms with E-state index in [2.05, 4.69) is 9.97 Å². The third-order valence-corrected chi connectivity index (χ3v) is 4.15. The molecule has 0 aliphatic carbocycles. The first kappa shape index (κ1) is 14.3. The van der Waals surface area contributed by atoms with E-state index in [0.717, 1.165) is 5.39 Å². The van der Waals surface area contributed by atoms with Gasteiger partial charge in [-0.2, -0.15) is 0 Å². The van der Waals surface area contributed by atoms with Crippen molar-refractivity contribution in [3.05, 3.63) is 63.6 Å². The van der Waals surface area contributed by atoms with Crippen LogP contribution in [0.4, 0.5) is 8.78 Å². The molecule has 3 aromatic rings. The molecular weight excluding hydrogens is 317 g/mol. The van der Waals surface area contributed by atoms with Crippen molar-refractivity contribution in [2.75, 3.05) is 6.67 Å². The van der Waals surface area contributed by atoms with Crippen LogP contribution in [0.25, 0.3) is 11.0 Å². The molecule has 21 heavy (non-hydrogen) atoms. The van der Waals surface area contributed by atoms with Crippen molar-refractivity contribution in [3.8, 4) is 0 Å². The van der Waals surface area contributed by atoms with Gasteiger partial charge in [-0.1, -0.05) is 23.2 Å². The molecule has 0 aliphatic heterocycles. The highest BCUT2D eigenvalue weighted by molar-refractivity contribution is 6.36. The Morgan fingerprint density at radius 3 is 2.81 bits per heavy atom.